The van der Waals surface area contributed by atoms with Crippen LogP contribution in [0, 0.1) is 12.8 Å². The Morgan fingerprint density at radius 3 is 2.26 bits per heavy atom. The first-order chi connectivity index (χ1) is 16.1. The molecule has 1 aliphatic rings. The fourth-order valence-electron chi connectivity index (χ4n) is 3.58. The molecular formula is C21H25ClN2O7S3. The van der Waals surface area contributed by atoms with E-state index in [1.165, 1.54) is 16.4 Å². The summed E-state index contributed by atoms with van der Waals surface area (Å²) in [6.45, 7) is 5.61. The van der Waals surface area contributed by atoms with Crippen molar-refractivity contribution in [2.45, 2.75) is 37.8 Å². The molecular weight excluding hydrogens is 524 g/mol. The standard InChI is InChI=1S/C21H25ClN2O7S3/c1-4-30-20(26)16-12(3)17(21(27)31-5-2)33-19(16)23-18(25)13-8-10-24(11-9-13)34(28,29)15-7-6-14(22)32-15/h6-7,13H,4-5,8-11H2,1-3H3,(H,23,25). The molecule has 2 aromatic rings. The molecule has 1 N–H and O–H groups in total. The number of hydrogen-bond donors (Lipinski definition) is 1. The molecule has 0 radical (unpaired) electrons. The molecule has 3 rings (SSSR count). The summed E-state index contributed by atoms with van der Waals surface area (Å²) in [5, 5.41) is 2.97. The number of piperidine rings is 1. The zero-order valence-corrected chi connectivity index (χ0v) is 22.1. The predicted octanol–water partition coefficient (Wildman–Crippen LogP) is 4.16. The lowest BCUT2D eigenvalue weighted by molar-refractivity contribution is -0.120. The molecule has 0 unspecified atom stereocenters. The maximum Gasteiger partial charge on any atom is 0.348 e. The number of amides is 1. The lowest BCUT2D eigenvalue weighted by Gasteiger charge is -2.30. The average Bonchev–Trinajstić information content (AvgIpc) is 3.37. The first kappa shape index (κ1) is 26.6. The Kier molecular flexibility index (Phi) is 8.74. The van der Waals surface area contributed by atoms with E-state index in [2.05, 4.69) is 5.32 Å². The smallest absolute Gasteiger partial charge is 0.348 e. The molecule has 1 fully saturated rings. The molecule has 0 aliphatic carbocycles. The maximum atomic E-state index is 13.0. The minimum Gasteiger partial charge on any atom is -0.462 e. The molecule has 34 heavy (non-hydrogen) atoms. The zero-order valence-electron chi connectivity index (χ0n) is 18.9. The van der Waals surface area contributed by atoms with Gasteiger partial charge in [-0.15, -0.1) is 22.7 Å². The van der Waals surface area contributed by atoms with Gasteiger partial charge in [-0.25, -0.2) is 18.0 Å². The molecule has 1 amide bonds. The van der Waals surface area contributed by atoms with Gasteiger partial charge in [0.05, 0.1) is 23.1 Å². The third-order valence-corrected chi connectivity index (χ3v) is 10.1. The number of carbonyl (C=O) groups excluding carboxylic acids is 3. The van der Waals surface area contributed by atoms with Gasteiger partial charge in [-0.2, -0.15) is 4.31 Å². The molecule has 0 aromatic carbocycles. The van der Waals surface area contributed by atoms with Crippen molar-refractivity contribution in [3.8, 4) is 0 Å². The van der Waals surface area contributed by atoms with Gasteiger partial charge in [-0.3, -0.25) is 4.79 Å². The first-order valence-electron chi connectivity index (χ1n) is 10.6. The normalized spacial score (nSPS) is 15.2. The van der Waals surface area contributed by atoms with Crippen molar-refractivity contribution in [3.05, 3.63) is 32.5 Å². The van der Waals surface area contributed by atoms with E-state index in [4.69, 9.17) is 21.1 Å². The van der Waals surface area contributed by atoms with Gasteiger partial charge in [0, 0.05) is 19.0 Å². The van der Waals surface area contributed by atoms with Crippen molar-refractivity contribution >= 4 is 67.1 Å². The highest BCUT2D eigenvalue weighted by Crippen LogP contribution is 2.36. The largest absolute Gasteiger partial charge is 0.462 e. The van der Waals surface area contributed by atoms with E-state index in [1.54, 1.807) is 20.8 Å². The van der Waals surface area contributed by atoms with Crippen LogP contribution in [0.25, 0.3) is 0 Å². The highest BCUT2D eigenvalue weighted by molar-refractivity contribution is 7.91. The molecule has 13 heteroatoms. The summed E-state index contributed by atoms with van der Waals surface area (Å²) in [6, 6.07) is 3.01. The number of esters is 2. The summed E-state index contributed by atoms with van der Waals surface area (Å²) in [7, 11) is -3.67. The quantitative estimate of drug-likeness (QED) is 0.492. The van der Waals surface area contributed by atoms with E-state index in [0.29, 0.717) is 22.7 Å². The fourth-order valence-corrected chi connectivity index (χ4v) is 7.78. The number of nitrogens with zero attached hydrogens (tertiary/aromatic N) is 1. The maximum absolute atomic E-state index is 13.0. The molecule has 9 nitrogen and oxygen atoms in total. The topological polar surface area (TPSA) is 119 Å². The zero-order chi connectivity index (χ0) is 25.0. The summed E-state index contributed by atoms with van der Waals surface area (Å²) in [5.74, 6) is -2.03. The van der Waals surface area contributed by atoms with Crippen LogP contribution in [0.3, 0.4) is 0 Å². The van der Waals surface area contributed by atoms with Crippen molar-refractivity contribution in [2.75, 3.05) is 31.6 Å². The molecule has 1 aliphatic heterocycles. The molecule has 0 bridgehead atoms. The van der Waals surface area contributed by atoms with Gasteiger partial charge in [0.2, 0.25) is 5.91 Å². The molecule has 1 saturated heterocycles. The summed E-state index contributed by atoms with van der Waals surface area (Å²) < 4.78 is 37.6. The lowest BCUT2D eigenvalue weighted by Crippen LogP contribution is -2.41. The van der Waals surface area contributed by atoms with Gasteiger partial charge in [-0.05, 0) is 51.3 Å². The Morgan fingerprint density at radius 2 is 1.71 bits per heavy atom. The van der Waals surface area contributed by atoms with Crippen LogP contribution in [0.15, 0.2) is 16.3 Å². The minimum absolute atomic E-state index is 0.123. The third-order valence-electron chi connectivity index (χ3n) is 5.29. The van der Waals surface area contributed by atoms with Gasteiger partial charge in [0.1, 0.15) is 14.1 Å². The van der Waals surface area contributed by atoms with E-state index in [-0.39, 0.29) is 51.9 Å². The predicted molar refractivity (Wildman–Crippen MR) is 130 cm³/mol. The number of nitrogens with one attached hydrogen (secondary N) is 1. The van der Waals surface area contributed by atoms with Crippen molar-refractivity contribution in [1.82, 2.24) is 4.31 Å². The van der Waals surface area contributed by atoms with E-state index in [9.17, 15) is 22.8 Å². The molecule has 0 atom stereocenters. The lowest BCUT2D eigenvalue weighted by atomic mass is 9.97. The van der Waals surface area contributed by atoms with Crippen LogP contribution in [0.2, 0.25) is 4.34 Å². The van der Waals surface area contributed by atoms with E-state index >= 15 is 0 Å². The van der Waals surface area contributed by atoms with Gasteiger partial charge in [0.15, 0.2) is 0 Å². The number of carbonyl (C=O) groups is 3. The number of thiophene rings is 2. The Bertz CT molecular complexity index is 1180. The Hall–Kier alpha value is -1.99. The van der Waals surface area contributed by atoms with Crippen molar-refractivity contribution in [1.29, 1.82) is 0 Å². The molecule has 3 heterocycles. The first-order valence-corrected chi connectivity index (χ1v) is 14.1. The van der Waals surface area contributed by atoms with Crippen LogP contribution in [-0.4, -0.2) is 56.9 Å². The highest BCUT2D eigenvalue weighted by Gasteiger charge is 2.34. The van der Waals surface area contributed by atoms with Gasteiger partial charge in [-0.1, -0.05) is 11.6 Å². The second-order valence-electron chi connectivity index (χ2n) is 7.43. The Balaban J connectivity index is 1.74. The second kappa shape index (κ2) is 11.2. The number of hydrogen-bond acceptors (Lipinski definition) is 9. The highest BCUT2D eigenvalue weighted by atomic mass is 35.5. The summed E-state index contributed by atoms with van der Waals surface area (Å²) in [5.41, 5.74) is 0.505. The molecule has 0 saturated carbocycles. The third kappa shape index (κ3) is 5.62. The number of rotatable bonds is 8. The van der Waals surface area contributed by atoms with E-state index < -0.39 is 27.9 Å². The van der Waals surface area contributed by atoms with Crippen LogP contribution in [-0.2, 0) is 24.3 Å². The van der Waals surface area contributed by atoms with Crippen LogP contribution in [0.5, 0.6) is 0 Å². The number of ether oxygens (including phenoxy) is 2. The van der Waals surface area contributed by atoms with E-state index in [0.717, 1.165) is 22.7 Å². The Labute approximate surface area is 211 Å². The summed E-state index contributed by atoms with van der Waals surface area (Å²) in [6.07, 6.45) is 0.627. The number of anilines is 1. The minimum atomic E-state index is -3.67. The van der Waals surface area contributed by atoms with Crippen molar-refractivity contribution < 1.29 is 32.3 Å². The average molecular weight is 549 g/mol. The van der Waals surface area contributed by atoms with Gasteiger partial charge in [0.25, 0.3) is 10.0 Å². The van der Waals surface area contributed by atoms with E-state index in [1.807, 2.05) is 0 Å². The number of halogens is 1. The van der Waals surface area contributed by atoms with Crippen LogP contribution in [0.1, 0.15) is 52.3 Å². The van der Waals surface area contributed by atoms with Crippen molar-refractivity contribution in [2.24, 2.45) is 5.92 Å². The van der Waals surface area contributed by atoms with Crippen LogP contribution < -0.4 is 5.32 Å². The van der Waals surface area contributed by atoms with Gasteiger partial charge < -0.3 is 14.8 Å². The van der Waals surface area contributed by atoms with Gasteiger partial charge >= 0.3 is 11.9 Å². The fraction of sp³-hybridized carbons (Fsp3) is 0.476. The van der Waals surface area contributed by atoms with Crippen LogP contribution >= 0.6 is 34.3 Å². The molecule has 2 aromatic heterocycles. The Morgan fingerprint density at radius 1 is 1.09 bits per heavy atom. The SMILES string of the molecule is CCOC(=O)c1sc(NC(=O)C2CCN(S(=O)(=O)c3ccc(Cl)s3)CC2)c(C(=O)OCC)c1C. The summed E-state index contributed by atoms with van der Waals surface area (Å²) >= 11 is 7.82. The van der Waals surface area contributed by atoms with Crippen LogP contribution in [0.4, 0.5) is 5.00 Å². The van der Waals surface area contributed by atoms with Crippen molar-refractivity contribution in [3.63, 3.8) is 0 Å². The summed E-state index contributed by atoms with van der Waals surface area (Å²) in [4.78, 5) is 38.0. The second-order valence-corrected chi connectivity index (χ2v) is 12.3. The monoisotopic (exact) mass is 548 g/mol. The number of sulfonamides is 1. The molecule has 0 spiro atoms. The molecule has 186 valence electrons.